The normalized spacial score (nSPS) is 11.9. The van der Waals surface area contributed by atoms with Gasteiger partial charge in [-0.2, -0.15) is 4.31 Å². The molecule has 0 unspecified atom stereocenters. The van der Waals surface area contributed by atoms with E-state index < -0.39 is 15.8 Å². The van der Waals surface area contributed by atoms with Crippen LogP contribution in [-0.2, 0) is 16.6 Å². The Morgan fingerprint density at radius 1 is 1.10 bits per heavy atom. The maximum atomic E-state index is 13.2. The second-order valence-corrected chi connectivity index (χ2v) is 7.19. The average molecular weight is 307 g/mol. The zero-order chi connectivity index (χ0) is 15.6. The van der Waals surface area contributed by atoms with Crippen LogP contribution in [-0.4, -0.2) is 19.8 Å². The minimum Gasteiger partial charge on any atom is -0.207 e. The molecule has 0 aliphatic carbocycles. The van der Waals surface area contributed by atoms with Crippen molar-refractivity contribution in [2.45, 2.75) is 25.3 Å². The molecule has 5 heteroatoms. The maximum absolute atomic E-state index is 13.2. The van der Waals surface area contributed by atoms with Gasteiger partial charge in [-0.1, -0.05) is 29.8 Å². The molecule has 0 saturated heterocycles. The van der Waals surface area contributed by atoms with Crippen molar-refractivity contribution in [3.63, 3.8) is 0 Å². The van der Waals surface area contributed by atoms with Crippen molar-refractivity contribution in [2.75, 3.05) is 7.05 Å². The molecular weight excluding hydrogens is 289 g/mol. The Balaban J connectivity index is 2.28. The Kier molecular flexibility index (Phi) is 4.44. The Hall–Kier alpha value is -1.72. The van der Waals surface area contributed by atoms with Crippen LogP contribution in [0.2, 0.25) is 0 Å². The van der Waals surface area contributed by atoms with Gasteiger partial charge in [0.15, 0.2) is 0 Å². The first-order valence-corrected chi connectivity index (χ1v) is 8.03. The van der Waals surface area contributed by atoms with E-state index in [1.165, 1.54) is 29.6 Å². The van der Waals surface area contributed by atoms with Gasteiger partial charge in [0, 0.05) is 13.6 Å². The third kappa shape index (κ3) is 3.49. The van der Waals surface area contributed by atoms with Crippen molar-refractivity contribution in [1.82, 2.24) is 4.31 Å². The molecule has 0 saturated carbocycles. The van der Waals surface area contributed by atoms with Crippen LogP contribution in [0.3, 0.4) is 0 Å². The van der Waals surface area contributed by atoms with Crippen LogP contribution in [0.25, 0.3) is 0 Å². The summed E-state index contributed by atoms with van der Waals surface area (Å²) in [7, 11) is -2.19. The van der Waals surface area contributed by atoms with Gasteiger partial charge in [-0.25, -0.2) is 12.8 Å². The highest BCUT2D eigenvalue weighted by Gasteiger charge is 2.21. The topological polar surface area (TPSA) is 37.4 Å². The number of rotatable bonds is 4. The summed E-state index contributed by atoms with van der Waals surface area (Å²) in [4.78, 5) is -0.0326. The maximum Gasteiger partial charge on any atom is 0.243 e. The molecule has 2 aromatic carbocycles. The van der Waals surface area contributed by atoms with Crippen molar-refractivity contribution < 1.29 is 12.8 Å². The molecule has 0 aliphatic rings. The fourth-order valence-electron chi connectivity index (χ4n) is 2.16. The van der Waals surface area contributed by atoms with Crippen LogP contribution in [0.15, 0.2) is 47.4 Å². The summed E-state index contributed by atoms with van der Waals surface area (Å²) in [5.74, 6) is -0.559. The van der Waals surface area contributed by atoms with E-state index in [1.807, 2.05) is 32.0 Å². The van der Waals surface area contributed by atoms with Gasteiger partial charge in [0.2, 0.25) is 10.0 Å². The van der Waals surface area contributed by atoms with Gasteiger partial charge in [0.05, 0.1) is 4.90 Å². The number of benzene rings is 2. The van der Waals surface area contributed by atoms with Crippen molar-refractivity contribution in [3.05, 3.63) is 65.0 Å². The van der Waals surface area contributed by atoms with E-state index in [0.29, 0.717) is 0 Å². The Labute approximate surface area is 125 Å². The minimum absolute atomic E-state index is 0.0326. The monoisotopic (exact) mass is 307 g/mol. The van der Waals surface area contributed by atoms with Crippen LogP contribution in [0.1, 0.15) is 16.7 Å². The second kappa shape index (κ2) is 5.95. The van der Waals surface area contributed by atoms with Gasteiger partial charge >= 0.3 is 0 Å². The average Bonchev–Trinajstić information content (AvgIpc) is 2.41. The predicted octanol–water partition coefficient (Wildman–Crippen LogP) is 3.26. The summed E-state index contributed by atoms with van der Waals surface area (Å²) >= 11 is 0. The van der Waals surface area contributed by atoms with E-state index in [-0.39, 0.29) is 11.4 Å². The molecule has 2 rings (SSSR count). The summed E-state index contributed by atoms with van der Waals surface area (Å²) in [6.45, 7) is 4.19. The molecule has 0 aromatic heterocycles. The highest BCUT2D eigenvalue weighted by Crippen LogP contribution is 2.19. The molecule has 3 nitrogen and oxygen atoms in total. The quantitative estimate of drug-likeness (QED) is 0.869. The smallest absolute Gasteiger partial charge is 0.207 e. The van der Waals surface area contributed by atoms with Crippen LogP contribution in [0.5, 0.6) is 0 Å². The lowest BCUT2D eigenvalue weighted by molar-refractivity contribution is 0.465. The molecule has 21 heavy (non-hydrogen) atoms. The molecule has 112 valence electrons. The zero-order valence-electron chi connectivity index (χ0n) is 12.3. The largest absolute Gasteiger partial charge is 0.243 e. The highest BCUT2D eigenvalue weighted by molar-refractivity contribution is 7.89. The van der Waals surface area contributed by atoms with E-state index in [2.05, 4.69) is 0 Å². The summed E-state index contributed by atoms with van der Waals surface area (Å²) in [5, 5.41) is 0. The molecule has 0 amide bonds. The number of halogens is 1. The van der Waals surface area contributed by atoms with Crippen LogP contribution >= 0.6 is 0 Å². The van der Waals surface area contributed by atoms with Gasteiger partial charge < -0.3 is 0 Å². The fraction of sp³-hybridized carbons (Fsp3) is 0.250. The predicted molar refractivity (Wildman–Crippen MR) is 81.0 cm³/mol. The molecule has 0 fully saturated rings. The number of nitrogens with zero attached hydrogens (tertiary/aromatic N) is 1. The van der Waals surface area contributed by atoms with Crippen molar-refractivity contribution in [2.24, 2.45) is 0 Å². The standard InChI is InChI=1S/C16H18FNO2S/c1-12-7-8-14(13(2)9-12)11-18(3)21(19,20)16-6-4-5-15(17)10-16/h4-10H,11H2,1-3H3. The fourth-order valence-corrected chi connectivity index (χ4v) is 3.34. The Bertz CT molecular complexity index is 757. The number of hydrogen-bond acceptors (Lipinski definition) is 2. The Morgan fingerprint density at radius 3 is 2.43 bits per heavy atom. The van der Waals surface area contributed by atoms with Crippen molar-refractivity contribution >= 4 is 10.0 Å². The molecule has 0 N–H and O–H groups in total. The van der Waals surface area contributed by atoms with Crippen LogP contribution in [0.4, 0.5) is 4.39 Å². The van der Waals surface area contributed by atoms with E-state index in [1.54, 1.807) is 0 Å². The molecule has 0 bridgehead atoms. The highest BCUT2D eigenvalue weighted by atomic mass is 32.2. The number of sulfonamides is 1. The third-order valence-corrected chi connectivity index (χ3v) is 5.19. The lowest BCUT2D eigenvalue weighted by Gasteiger charge is -2.18. The van der Waals surface area contributed by atoms with Gasteiger partial charge in [-0.3, -0.25) is 0 Å². The van der Waals surface area contributed by atoms with Crippen LogP contribution in [0, 0.1) is 19.7 Å². The third-order valence-electron chi connectivity index (χ3n) is 3.40. The van der Waals surface area contributed by atoms with E-state index in [4.69, 9.17) is 0 Å². The molecule has 0 heterocycles. The number of aryl methyl sites for hydroxylation is 2. The second-order valence-electron chi connectivity index (χ2n) is 5.15. The summed E-state index contributed by atoms with van der Waals surface area (Å²) in [6.07, 6.45) is 0. The van der Waals surface area contributed by atoms with Crippen LogP contribution < -0.4 is 0 Å². The summed E-state index contributed by atoms with van der Waals surface area (Å²) in [5.41, 5.74) is 3.10. The lowest BCUT2D eigenvalue weighted by atomic mass is 10.1. The molecular formula is C16H18FNO2S. The molecule has 0 radical (unpaired) electrons. The Morgan fingerprint density at radius 2 is 1.81 bits per heavy atom. The van der Waals surface area contributed by atoms with Gasteiger partial charge in [-0.15, -0.1) is 0 Å². The van der Waals surface area contributed by atoms with E-state index in [0.717, 1.165) is 22.8 Å². The SMILES string of the molecule is Cc1ccc(CN(C)S(=O)(=O)c2cccc(F)c2)c(C)c1. The molecule has 0 atom stereocenters. The van der Waals surface area contributed by atoms with Gasteiger partial charge in [0.25, 0.3) is 0 Å². The van der Waals surface area contributed by atoms with Crippen molar-refractivity contribution in [1.29, 1.82) is 0 Å². The van der Waals surface area contributed by atoms with Crippen molar-refractivity contribution in [3.8, 4) is 0 Å². The van der Waals surface area contributed by atoms with Gasteiger partial charge in [-0.05, 0) is 43.2 Å². The zero-order valence-corrected chi connectivity index (χ0v) is 13.1. The first kappa shape index (κ1) is 15.7. The van der Waals surface area contributed by atoms with Gasteiger partial charge in [0.1, 0.15) is 5.82 Å². The van der Waals surface area contributed by atoms with E-state index >= 15 is 0 Å². The molecule has 0 spiro atoms. The summed E-state index contributed by atoms with van der Waals surface area (Å²) < 4.78 is 39.3. The molecule has 0 aliphatic heterocycles. The minimum atomic E-state index is -3.69. The number of hydrogen-bond donors (Lipinski definition) is 0. The first-order valence-electron chi connectivity index (χ1n) is 6.59. The molecule has 2 aromatic rings. The summed E-state index contributed by atoms with van der Waals surface area (Å²) in [6, 6.07) is 10.9. The first-order chi connectivity index (χ1) is 9.80. The lowest BCUT2D eigenvalue weighted by Crippen LogP contribution is -2.26. The van der Waals surface area contributed by atoms with E-state index in [9.17, 15) is 12.8 Å².